The van der Waals surface area contributed by atoms with Gasteiger partial charge in [-0.3, -0.25) is 14.6 Å². The van der Waals surface area contributed by atoms with Crippen molar-refractivity contribution in [3.63, 3.8) is 0 Å². The summed E-state index contributed by atoms with van der Waals surface area (Å²) in [5.41, 5.74) is 4.67. The fourth-order valence-electron chi connectivity index (χ4n) is 3.44. The van der Waals surface area contributed by atoms with E-state index in [9.17, 15) is 9.59 Å². The van der Waals surface area contributed by atoms with Crippen molar-refractivity contribution in [2.45, 2.75) is 33.7 Å². The number of hydrogen-bond donors (Lipinski definition) is 1. The summed E-state index contributed by atoms with van der Waals surface area (Å²) in [5.74, 6) is -0.288. The van der Waals surface area contributed by atoms with E-state index in [1.807, 2.05) is 18.7 Å². The third-order valence-corrected chi connectivity index (χ3v) is 5.15. The Bertz CT molecular complexity index is 871. The fraction of sp³-hybridized carbons (Fsp3) is 0.409. The van der Waals surface area contributed by atoms with Gasteiger partial charge in [0.1, 0.15) is 0 Å². The zero-order chi connectivity index (χ0) is 20.3. The Labute approximate surface area is 166 Å². The van der Waals surface area contributed by atoms with Crippen LogP contribution in [-0.2, 0) is 0 Å². The van der Waals surface area contributed by atoms with Crippen LogP contribution in [0, 0.1) is 13.8 Å². The number of rotatable bonds is 4. The van der Waals surface area contributed by atoms with E-state index in [0.717, 1.165) is 13.1 Å². The number of carbonyl (C=O) groups excluding carboxylic acids is 2. The minimum absolute atomic E-state index is 0.0324. The Morgan fingerprint density at radius 1 is 1.04 bits per heavy atom. The Morgan fingerprint density at radius 3 is 2.39 bits per heavy atom. The van der Waals surface area contributed by atoms with Crippen molar-refractivity contribution in [2.75, 3.05) is 31.1 Å². The fourth-order valence-corrected chi connectivity index (χ4v) is 3.44. The molecule has 2 aromatic rings. The third kappa shape index (κ3) is 4.32. The van der Waals surface area contributed by atoms with Gasteiger partial charge in [0.25, 0.3) is 11.8 Å². The lowest BCUT2D eigenvalue weighted by molar-refractivity contribution is 0.0746. The highest BCUT2D eigenvalue weighted by atomic mass is 16.2. The van der Waals surface area contributed by atoms with E-state index < -0.39 is 0 Å². The highest BCUT2D eigenvalue weighted by Gasteiger charge is 2.24. The number of aromatic nitrogens is 1. The molecule has 2 heterocycles. The second-order valence-electron chi connectivity index (χ2n) is 7.59. The maximum absolute atomic E-state index is 12.9. The van der Waals surface area contributed by atoms with E-state index in [4.69, 9.17) is 0 Å². The van der Waals surface area contributed by atoms with Crippen molar-refractivity contribution < 1.29 is 9.59 Å². The standard InChI is InChI=1S/C22H28N4O2/c1-15(2)24-21(27)18-12-19(14-23-13-18)22(28)26-10-8-25(9-11-26)20-7-5-6-16(3)17(20)4/h5-7,12-15H,8-11H2,1-4H3,(H,24,27). The smallest absolute Gasteiger partial charge is 0.255 e. The first-order valence-electron chi connectivity index (χ1n) is 9.73. The predicted octanol–water partition coefficient (Wildman–Crippen LogP) is 2.80. The summed E-state index contributed by atoms with van der Waals surface area (Å²) in [6.45, 7) is 10.9. The van der Waals surface area contributed by atoms with Crippen LogP contribution >= 0.6 is 0 Å². The Balaban J connectivity index is 1.67. The highest BCUT2D eigenvalue weighted by Crippen LogP contribution is 2.24. The van der Waals surface area contributed by atoms with Crippen LogP contribution in [0.15, 0.2) is 36.7 Å². The molecule has 3 rings (SSSR count). The van der Waals surface area contributed by atoms with E-state index >= 15 is 0 Å². The van der Waals surface area contributed by atoms with Crippen LogP contribution in [0.4, 0.5) is 5.69 Å². The molecule has 0 atom stereocenters. The van der Waals surface area contributed by atoms with Crippen LogP contribution in [-0.4, -0.2) is 53.9 Å². The van der Waals surface area contributed by atoms with Gasteiger partial charge in [-0.15, -0.1) is 0 Å². The van der Waals surface area contributed by atoms with Gasteiger partial charge in [0.2, 0.25) is 0 Å². The summed E-state index contributed by atoms with van der Waals surface area (Å²) in [7, 11) is 0. The maximum Gasteiger partial charge on any atom is 0.255 e. The Kier molecular flexibility index (Phi) is 5.97. The number of aryl methyl sites for hydroxylation is 1. The van der Waals surface area contributed by atoms with Gasteiger partial charge >= 0.3 is 0 Å². The molecule has 0 unspecified atom stereocenters. The highest BCUT2D eigenvalue weighted by molar-refractivity contribution is 5.99. The number of benzene rings is 1. The lowest BCUT2D eigenvalue weighted by Gasteiger charge is -2.37. The lowest BCUT2D eigenvalue weighted by Crippen LogP contribution is -2.49. The number of anilines is 1. The molecule has 28 heavy (non-hydrogen) atoms. The number of carbonyl (C=O) groups is 2. The second-order valence-corrected chi connectivity index (χ2v) is 7.59. The molecule has 1 fully saturated rings. The zero-order valence-corrected chi connectivity index (χ0v) is 17.0. The van der Waals surface area contributed by atoms with Crippen LogP contribution in [0.5, 0.6) is 0 Å². The molecule has 6 heteroatoms. The number of amides is 2. The molecule has 148 valence electrons. The number of hydrogen-bond acceptors (Lipinski definition) is 4. The number of pyridine rings is 1. The first-order valence-corrected chi connectivity index (χ1v) is 9.73. The van der Waals surface area contributed by atoms with Gasteiger partial charge in [-0.1, -0.05) is 12.1 Å². The van der Waals surface area contributed by atoms with Crippen molar-refractivity contribution >= 4 is 17.5 Å². The first-order chi connectivity index (χ1) is 13.4. The summed E-state index contributed by atoms with van der Waals surface area (Å²) >= 11 is 0. The number of piperazine rings is 1. The average molecular weight is 380 g/mol. The van der Waals surface area contributed by atoms with E-state index in [0.29, 0.717) is 24.2 Å². The third-order valence-electron chi connectivity index (χ3n) is 5.15. The van der Waals surface area contributed by atoms with Crippen LogP contribution in [0.1, 0.15) is 45.7 Å². The van der Waals surface area contributed by atoms with Gasteiger partial charge < -0.3 is 15.1 Å². The maximum atomic E-state index is 12.9. The van der Waals surface area contributed by atoms with Gasteiger partial charge in [-0.2, -0.15) is 0 Å². The molecule has 1 aromatic heterocycles. The molecule has 0 bridgehead atoms. The molecule has 6 nitrogen and oxygen atoms in total. The van der Waals surface area contributed by atoms with Crippen molar-refractivity contribution in [1.82, 2.24) is 15.2 Å². The topological polar surface area (TPSA) is 65.5 Å². The van der Waals surface area contributed by atoms with Crippen LogP contribution in [0.2, 0.25) is 0 Å². The van der Waals surface area contributed by atoms with Gasteiger partial charge in [-0.25, -0.2) is 0 Å². The van der Waals surface area contributed by atoms with E-state index in [1.54, 1.807) is 6.07 Å². The van der Waals surface area contributed by atoms with Crippen molar-refractivity contribution in [3.8, 4) is 0 Å². The van der Waals surface area contributed by atoms with Crippen LogP contribution in [0.25, 0.3) is 0 Å². The number of nitrogens with zero attached hydrogens (tertiary/aromatic N) is 3. The molecule has 0 aliphatic carbocycles. The van der Waals surface area contributed by atoms with Crippen LogP contribution < -0.4 is 10.2 Å². The monoisotopic (exact) mass is 380 g/mol. The average Bonchev–Trinajstić information content (AvgIpc) is 2.69. The normalized spacial score (nSPS) is 14.3. The van der Waals surface area contributed by atoms with E-state index in [-0.39, 0.29) is 17.9 Å². The first kappa shape index (κ1) is 19.9. The molecule has 1 aliphatic heterocycles. The molecule has 1 aromatic carbocycles. The van der Waals surface area contributed by atoms with Gasteiger partial charge in [0.05, 0.1) is 11.1 Å². The predicted molar refractivity (Wildman–Crippen MR) is 111 cm³/mol. The molecule has 0 saturated carbocycles. The Hall–Kier alpha value is -2.89. The van der Waals surface area contributed by atoms with Crippen LogP contribution in [0.3, 0.4) is 0 Å². The number of nitrogens with one attached hydrogen (secondary N) is 1. The minimum Gasteiger partial charge on any atom is -0.368 e. The minimum atomic E-state index is -0.211. The zero-order valence-electron chi connectivity index (χ0n) is 17.0. The molecular weight excluding hydrogens is 352 g/mol. The molecule has 0 spiro atoms. The molecular formula is C22H28N4O2. The van der Waals surface area contributed by atoms with E-state index in [2.05, 4.69) is 47.2 Å². The van der Waals surface area contributed by atoms with Gasteiger partial charge in [0.15, 0.2) is 0 Å². The van der Waals surface area contributed by atoms with Gasteiger partial charge in [0, 0.05) is 50.3 Å². The molecule has 0 radical (unpaired) electrons. The molecule has 1 saturated heterocycles. The largest absolute Gasteiger partial charge is 0.368 e. The van der Waals surface area contributed by atoms with E-state index in [1.165, 1.54) is 29.2 Å². The lowest BCUT2D eigenvalue weighted by atomic mass is 10.1. The summed E-state index contributed by atoms with van der Waals surface area (Å²) in [6.07, 6.45) is 3.03. The molecule has 1 aliphatic rings. The summed E-state index contributed by atoms with van der Waals surface area (Å²) in [4.78, 5) is 33.3. The summed E-state index contributed by atoms with van der Waals surface area (Å²) in [6, 6.07) is 8.00. The second kappa shape index (κ2) is 8.42. The summed E-state index contributed by atoms with van der Waals surface area (Å²) in [5, 5.41) is 2.83. The molecule has 1 N–H and O–H groups in total. The quantitative estimate of drug-likeness (QED) is 0.886. The van der Waals surface area contributed by atoms with Gasteiger partial charge in [-0.05, 0) is 51.0 Å². The van der Waals surface area contributed by atoms with Crippen molar-refractivity contribution in [1.29, 1.82) is 0 Å². The molecule has 2 amide bonds. The van der Waals surface area contributed by atoms with Crippen molar-refractivity contribution in [3.05, 3.63) is 58.9 Å². The summed E-state index contributed by atoms with van der Waals surface area (Å²) < 4.78 is 0. The van der Waals surface area contributed by atoms with Crippen molar-refractivity contribution in [2.24, 2.45) is 0 Å². The Morgan fingerprint density at radius 2 is 1.71 bits per heavy atom. The SMILES string of the molecule is Cc1cccc(N2CCN(C(=O)c3cncc(C(=O)NC(C)C)c3)CC2)c1C.